The fourth-order valence-electron chi connectivity index (χ4n) is 3.09. The Morgan fingerprint density at radius 3 is 2.50 bits per heavy atom. The minimum atomic E-state index is 0. The third-order valence-electron chi connectivity index (χ3n) is 4.94. The maximum Gasteiger partial charge on any atom is 0.220 e. The second kappa shape index (κ2) is 13.6. The smallest absolute Gasteiger partial charge is 0.220 e. The molecule has 0 radical (unpaired) electrons. The molecule has 0 aromatic heterocycles. The number of likely N-dealkylation sites (tertiary alicyclic amines) is 1. The topological polar surface area (TPSA) is 68.8 Å². The number of guanidine groups is 1. The molecule has 1 amide bonds. The van der Waals surface area contributed by atoms with Crippen LogP contribution in [0.25, 0.3) is 0 Å². The quantitative estimate of drug-likeness (QED) is 0.195. The summed E-state index contributed by atoms with van der Waals surface area (Å²) in [7, 11) is 0. The number of nitrogens with zero attached hydrogens (tertiary/aromatic N) is 2. The van der Waals surface area contributed by atoms with Crippen molar-refractivity contribution in [1.82, 2.24) is 20.9 Å². The van der Waals surface area contributed by atoms with Crippen LogP contribution in [0, 0.1) is 5.92 Å². The normalized spacial score (nSPS) is 18.9. The first-order valence-corrected chi connectivity index (χ1v) is 10.2. The van der Waals surface area contributed by atoms with E-state index in [4.69, 9.17) is 0 Å². The number of rotatable bonds is 10. The van der Waals surface area contributed by atoms with Crippen LogP contribution >= 0.6 is 24.0 Å². The van der Waals surface area contributed by atoms with Gasteiger partial charge in [-0.2, -0.15) is 0 Å². The lowest BCUT2D eigenvalue weighted by Crippen LogP contribution is -2.39. The van der Waals surface area contributed by atoms with Crippen LogP contribution in [0.4, 0.5) is 0 Å². The molecule has 26 heavy (non-hydrogen) atoms. The van der Waals surface area contributed by atoms with Gasteiger partial charge in [0.05, 0.1) is 0 Å². The van der Waals surface area contributed by atoms with Gasteiger partial charge >= 0.3 is 0 Å². The van der Waals surface area contributed by atoms with E-state index in [1.54, 1.807) is 0 Å². The average Bonchev–Trinajstić information content (AvgIpc) is 3.41. The Hall–Kier alpha value is -0.570. The highest BCUT2D eigenvalue weighted by Gasteiger charge is 2.22. The molecule has 2 rings (SSSR count). The number of hydrogen-bond donors (Lipinski definition) is 3. The third kappa shape index (κ3) is 10.5. The lowest BCUT2D eigenvalue weighted by molar-refractivity contribution is -0.121. The number of aliphatic imine (C=N–C) groups is 1. The Bertz CT molecular complexity index is 420. The average molecular weight is 479 g/mol. The molecule has 1 saturated heterocycles. The molecule has 1 saturated carbocycles. The van der Waals surface area contributed by atoms with Crippen LogP contribution in [-0.2, 0) is 4.79 Å². The number of hydrogen-bond acceptors (Lipinski definition) is 3. The monoisotopic (exact) mass is 479 g/mol. The van der Waals surface area contributed by atoms with Crippen molar-refractivity contribution in [3.63, 3.8) is 0 Å². The summed E-state index contributed by atoms with van der Waals surface area (Å²) >= 11 is 0. The molecule has 1 heterocycles. The summed E-state index contributed by atoms with van der Waals surface area (Å²) in [6.45, 7) is 10.6. The van der Waals surface area contributed by atoms with Gasteiger partial charge in [0.15, 0.2) is 5.96 Å². The summed E-state index contributed by atoms with van der Waals surface area (Å²) in [5, 5.41) is 9.71. The zero-order chi connectivity index (χ0) is 17.9. The molecule has 0 aromatic rings. The van der Waals surface area contributed by atoms with Crippen LogP contribution in [0.5, 0.6) is 0 Å². The van der Waals surface area contributed by atoms with Crippen molar-refractivity contribution in [3.05, 3.63) is 0 Å². The Kier molecular flexibility index (Phi) is 12.3. The highest BCUT2D eigenvalue weighted by molar-refractivity contribution is 14.0. The Morgan fingerprint density at radius 2 is 1.85 bits per heavy atom. The molecule has 0 bridgehead atoms. The van der Waals surface area contributed by atoms with E-state index in [0.29, 0.717) is 19.0 Å². The van der Waals surface area contributed by atoms with Gasteiger partial charge in [0.1, 0.15) is 0 Å². The molecule has 1 aliphatic carbocycles. The molecule has 6 nitrogen and oxygen atoms in total. The molecule has 0 atom stereocenters. The zero-order valence-electron chi connectivity index (χ0n) is 16.6. The van der Waals surface area contributed by atoms with Gasteiger partial charge in [0.2, 0.25) is 5.91 Å². The molecular formula is C19H38IN5O. The van der Waals surface area contributed by atoms with E-state index in [0.717, 1.165) is 50.7 Å². The Balaban J connectivity index is 0.00000338. The van der Waals surface area contributed by atoms with E-state index >= 15 is 0 Å². The fraction of sp³-hybridized carbons (Fsp3) is 0.895. The molecule has 152 valence electrons. The molecule has 0 spiro atoms. The van der Waals surface area contributed by atoms with E-state index in [1.807, 2.05) is 0 Å². The predicted octanol–water partition coefficient (Wildman–Crippen LogP) is 2.34. The van der Waals surface area contributed by atoms with Crippen molar-refractivity contribution in [2.24, 2.45) is 10.9 Å². The van der Waals surface area contributed by atoms with Gasteiger partial charge in [-0.15, -0.1) is 24.0 Å². The summed E-state index contributed by atoms with van der Waals surface area (Å²) in [5.74, 6) is 1.94. The molecule has 1 aliphatic heterocycles. The first-order chi connectivity index (χ1) is 12.2. The van der Waals surface area contributed by atoms with Crippen LogP contribution in [-0.4, -0.2) is 62.1 Å². The summed E-state index contributed by atoms with van der Waals surface area (Å²) in [5.41, 5.74) is 0. The van der Waals surface area contributed by atoms with Gasteiger partial charge in [-0.05, 0) is 71.0 Å². The predicted molar refractivity (Wildman–Crippen MR) is 119 cm³/mol. The third-order valence-corrected chi connectivity index (χ3v) is 4.94. The van der Waals surface area contributed by atoms with Crippen molar-refractivity contribution in [2.75, 3.05) is 39.3 Å². The number of nitrogens with one attached hydrogen (secondary N) is 3. The van der Waals surface area contributed by atoms with E-state index in [-0.39, 0.29) is 29.9 Å². The summed E-state index contributed by atoms with van der Waals surface area (Å²) in [6, 6.07) is 0.457. The molecule has 3 N–H and O–H groups in total. The second-order valence-corrected chi connectivity index (χ2v) is 7.51. The second-order valence-electron chi connectivity index (χ2n) is 7.51. The van der Waals surface area contributed by atoms with E-state index < -0.39 is 0 Å². The molecular weight excluding hydrogens is 441 g/mol. The highest BCUT2D eigenvalue weighted by Crippen LogP contribution is 2.18. The standard InChI is InChI=1S/C19H37N5O.HI/c1-3-20-19(21-11-4-6-18(25)23-17-7-8-17)22-12-5-13-24-14-9-16(2)10-15-24;/h16-17H,3-15H2,1-2H3,(H,23,25)(H2,20,21,22);1H. The van der Waals surface area contributed by atoms with Crippen molar-refractivity contribution >= 4 is 35.8 Å². The van der Waals surface area contributed by atoms with E-state index in [1.165, 1.54) is 32.5 Å². The molecule has 2 aliphatic rings. The summed E-state index contributed by atoms with van der Waals surface area (Å²) in [6.07, 6.45) is 7.50. The number of amides is 1. The summed E-state index contributed by atoms with van der Waals surface area (Å²) < 4.78 is 0. The van der Waals surface area contributed by atoms with Crippen LogP contribution in [0.3, 0.4) is 0 Å². The van der Waals surface area contributed by atoms with Crippen LogP contribution < -0.4 is 16.0 Å². The SMILES string of the molecule is CCNC(=NCCCC(=O)NC1CC1)NCCCN1CCC(C)CC1.I. The van der Waals surface area contributed by atoms with Gasteiger partial charge in [-0.1, -0.05) is 6.92 Å². The molecule has 0 aromatic carbocycles. The first-order valence-electron chi connectivity index (χ1n) is 10.2. The fourth-order valence-corrected chi connectivity index (χ4v) is 3.09. The number of carbonyl (C=O) groups excluding carboxylic acids is 1. The largest absolute Gasteiger partial charge is 0.357 e. The molecule has 7 heteroatoms. The van der Waals surface area contributed by atoms with Crippen molar-refractivity contribution in [3.8, 4) is 0 Å². The van der Waals surface area contributed by atoms with Crippen molar-refractivity contribution < 1.29 is 4.79 Å². The lowest BCUT2D eigenvalue weighted by atomic mass is 9.99. The zero-order valence-corrected chi connectivity index (χ0v) is 18.9. The maximum absolute atomic E-state index is 11.6. The van der Waals surface area contributed by atoms with Crippen molar-refractivity contribution in [1.29, 1.82) is 0 Å². The summed E-state index contributed by atoms with van der Waals surface area (Å²) in [4.78, 5) is 18.8. The van der Waals surface area contributed by atoms with Gasteiger partial charge in [-0.3, -0.25) is 9.79 Å². The van der Waals surface area contributed by atoms with Gasteiger partial charge in [0, 0.05) is 32.1 Å². The molecule has 2 fully saturated rings. The van der Waals surface area contributed by atoms with Crippen LogP contribution in [0.15, 0.2) is 4.99 Å². The first kappa shape index (κ1) is 23.5. The minimum Gasteiger partial charge on any atom is -0.357 e. The van der Waals surface area contributed by atoms with Gasteiger partial charge in [-0.25, -0.2) is 0 Å². The highest BCUT2D eigenvalue weighted by atomic mass is 127. The maximum atomic E-state index is 11.6. The minimum absolute atomic E-state index is 0. The van der Waals surface area contributed by atoms with E-state index in [2.05, 4.69) is 39.7 Å². The number of halogens is 1. The number of piperidine rings is 1. The Morgan fingerprint density at radius 1 is 1.12 bits per heavy atom. The Labute approximate surface area is 176 Å². The number of carbonyl (C=O) groups is 1. The molecule has 0 unspecified atom stereocenters. The van der Waals surface area contributed by atoms with Crippen LogP contribution in [0.1, 0.15) is 58.8 Å². The van der Waals surface area contributed by atoms with Crippen LogP contribution in [0.2, 0.25) is 0 Å². The van der Waals surface area contributed by atoms with Crippen molar-refractivity contribution in [2.45, 2.75) is 64.8 Å². The van der Waals surface area contributed by atoms with Gasteiger partial charge < -0.3 is 20.9 Å². The van der Waals surface area contributed by atoms with Gasteiger partial charge in [0.25, 0.3) is 0 Å². The lowest BCUT2D eigenvalue weighted by Gasteiger charge is -2.30. The van der Waals surface area contributed by atoms with E-state index in [9.17, 15) is 4.79 Å².